The molecule has 4 rings (SSSR count). The van der Waals surface area contributed by atoms with E-state index in [0.717, 1.165) is 0 Å². The molecule has 1 N–H and O–H groups in total. The van der Waals surface area contributed by atoms with Crippen LogP contribution >= 0.6 is 11.6 Å². The molecular formula is C19H12ClN3O6. The van der Waals surface area contributed by atoms with Crippen molar-refractivity contribution in [2.45, 2.75) is 0 Å². The summed E-state index contributed by atoms with van der Waals surface area (Å²) in [6, 6.07) is 12.2. The molecule has 0 saturated heterocycles. The summed E-state index contributed by atoms with van der Waals surface area (Å²) in [7, 11) is 0. The van der Waals surface area contributed by atoms with Crippen LogP contribution < -0.4 is 14.9 Å². The fraction of sp³-hybridized carbons (Fsp3) is 0.0526. The Morgan fingerprint density at radius 1 is 1.14 bits per heavy atom. The lowest BCUT2D eigenvalue weighted by atomic mass is 10.1. The summed E-state index contributed by atoms with van der Waals surface area (Å²) in [5, 5.41) is 14.8. The van der Waals surface area contributed by atoms with Crippen molar-refractivity contribution in [1.29, 1.82) is 0 Å². The Labute approximate surface area is 168 Å². The largest absolute Gasteiger partial charge is 0.455 e. The highest BCUT2D eigenvalue weighted by Gasteiger charge is 2.16. The van der Waals surface area contributed by atoms with Gasteiger partial charge in [-0.05, 0) is 36.4 Å². The summed E-state index contributed by atoms with van der Waals surface area (Å²) >= 11 is 6.10. The fourth-order valence-electron chi connectivity index (χ4n) is 2.64. The number of fused-ring (bicyclic) bond motifs is 1. The Morgan fingerprint density at radius 3 is 2.76 bits per heavy atom. The number of nitro groups is 1. The van der Waals surface area contributed by atoms with Crippen molar-refractivity contribution in [2.24, 2.45) is 5.10 Å². The van der Waals surface area contributed by atoms with Crippen LogP contribution in [0.3, 0.4) is 0 Å². The van der Waals surface area contributed by atoms with Gasteiger partial charge in [0, 0.05) is 23.3 Å². The van der Waals surface area contributed by atoms with Crippen molar-refractivity contribution in [1.82, 2.24) is 5.43 Å². The molecule has 1 aliphatic heterocycles. The van der Waals surface area contributed by atoms with Crippen LogP contribution in [-0.4, -0.2) is 23.8 Å². The molecule has 1 aliphatic rings. The number of nitrogens with one attached hydrogen (secondary N) is 1. The molecule has 0 bridgehead atoms. The van der Waals surface area contributed by atoms with Crippen molar-refractivity contribution >= 4 is 29.4 Å². The molecule has 29 heavy (non-hydrogen) atoms. The molecule has 9 nitrogen and oxygen atoms in total. The number of nitrogens with zero attached hydrogens (tertiary/aromatic N) is 2. The minimum Gasteiger partial charge on any atom is -0.455 e. The smallest absolute Gasteiger partial charge is 0.271 e. The molecule has 3 aromatic rings. The molecule has 0 saturated carbocycles. The Kier molecular flexibility index (Phi) is 4.88. The number of nitro benzene ring substituents is 1. The number of hydrogen-bond acceptors (Lipinski definition) is 7. The molecule has 0 radical (unpaired) electrons. The number of rotatable bonds is 5. The summed E-state index contributed by atoms with van der Waals surface area (Å²) in [5.41, 5.74) is 3.15. The summed E-state index contributed by atoms with van der Waals surface area (Å²) in [6.45, 7) is 0.123. The van der Waals surface area contributed by atoms with Gasteiger partial charge in [0.1, 0.15) is 11.5 Å². The number of hydrazone groups is 1. The first-order chi connectivity index (χ1) is 14.0. The van der Waals surface area contributed by atoms with Crippen LogP contribution in [-0.2, 0) is 0 Å². The van der Waals surface area contributed by atoms with Crippen molar-refractivity contribution in [3.8, 4) is 22.8 Å². The first-order valence-corrected chi connectivity index (χ1v) is 8.66. The molecule has 0 unspecified atom stereocenters. The van der Waals surface area contributed by atoms with Crippen LogP contribution in [0.5, 0.6) is 11.5 Å². The van der Waals surface area contributed by atoms with Gasteiger partial charge in [-0.15, -0.1) is 0 Å². The van der Waals surface area contributed by atoms with Crippen LogP contribution in [0.25, 0.3) is 11.3 Å². The van der Waals surface area contributed by atoms with E-state index >= 15 is 0 Å². The quantitative estimate of drug-likeness (QED) is 0.384. The van der Waals surface area contributed by atoms with E-state index in [0.29, 0.717) is 34.1 Å². The molecule has 0 atom stereocenters. The number of carbonyl (C=O) groups is 1. The van der Waals surface area contributed by atoms with Crippen molar-refractivity contribution in [2.75, 3.05) is 6.79 Å². The Balaban J connectivity index is 1.43. The van der Waals surface area contributed by atoms with E-state index in [-0.39, 0.29) is 17.5 Å². The zero-order valence-corrected chi connectivity index (χ0v) is 15.4. The molecule has 146 valence electrons. The number of amides is 1. The molecular weight excluding hydrogens is 402 g/mol. The summed E-state index contributed by atoms with van der Waals surface area (Å²) in [4.78, 5) is 22.4. The maximum Gasteiger partial charge on any atom is 0.271 e. The van der Waals surface area contributed by atoms with Crippen LogP contribution in [0, 0.1) is 10.1 Å². The van der Waals surface area contributed by atoms with Gasteiger partial charge in [0.25, 0.3) is 11.6 Å². The van der Waals surface area contributed by atoms with E-state index in [9.17, 15) is 14.9 Å². The minimum absolute atomic E-state index is 0.113. The molecule has 2 aromatic carbocycles. The van der Waals surface area contributed by atoms with Gasteiger partial charge in [-0.1, -0.05) is 11.6 Å². The van der Waals surface area contributed by atoms with E-state index in [1.54, 1.807) is 30.3 Å². The van der Waals surface area contributed by atoms with E-state index < -0.39 is 10.8 Å². The van der Waals surface area contributed by atoms with Gasteiger partial charge in [-0.25, -0.2) is 5.43 Å². The second-order valence-electron chi connectivity index (χ2n) is 5.89. The van der Waals surface area contributed by atoms with Gasteiger partial charge in [-0.3, -0.25) is 14.9 Å². The minimum atomic E-state index is -0.529. The average molecular weight is 414 g/mol. The predicted octanol–water partition coefficient (Wildman–Crippen LogP) is 4.00. The molecule has 1 aromatic heterocycles. The van der Waals surface area contributed by atoms with E-state index in [2.05, 4.69) is 10.5 Å². The van der Waals surface area contributed by atoms with E-state index in [1.165, 1.54) is 24.4 Å². The zero-order chi connectivity index (χ0) is 20.4. The van der Waals surface area contributed by atoms with Crippen LogP contribution in [0.2, 0.25) is 5.02 Å². The van der Waals surface area contributed by atoms with Crippen molar-refractivity contribution < 1.29 is 23.6 Å². The number of ether oxygens (including phenoxy) is 2. The van der Waals surface area contributed by atoms with E-state index in [4.69, 9.17) is 25.5 Å². The molecule has 2 heterocycles. The summed E-state index contributed by atoms with van der Waals surface area (Å²) in [5.74, 6) is 1.42. The van der Waals surface area contributed by atoms with Gasteiger partial charge >= 0.3 is 0 Å². The van der Waals surface area contributed by atoms with Crippen LogP contribution in [0.1, 0.15) is 16.1 Å². The van der Waals surface area contributed by atoms with Gasteiger partial charge in [-0.2, -0.15) is 5.10 Å². The third kappa shape index (κ3) is 3.90. The van der Waals surface area contributed by atoms with Crippen molar-refractivity contribution in [3.05, 3.63) is 75.0 Å². The Morgan fingerprint density at radius 2 is 1.97 bits per heavy atom. The Hall–Kier alpha value is -3.85. The predicted molar refractivity (Wildman–Crippen MR) is 103 cm³/mol. The summed E-state index contributed by atoms with van der Waals surface area (Å²) < 4.78 is 16.0. The third-order valence-electron chi connectivity index (χ3n) is 4.05. The second kappa shape index (κ2) is 7.64. The highest BCUT2D eigenvalue weighted by atomic mass is 35.5. The first kappa shape index (κ1) is 18.5. The SMILES string of the molecule is O=C(N/N=C/c1ccc(-c2ccc([N+](=O)[O-])cc2Cl)o1)c1ccc2c(c1)OCO2. The highest BCUT2D eigenvalue weighted by molar-refractivity contribution is 6.33. The molecule has 0 aliphatic carbocycles. The Bertz CT molecular complexity index is 1140. The third-order valence-corrected chi connectivity index (χ3v) is 4.36. The lowest BCUT2D eigenvalue weighted by Crippen LogP contribution is -2.17. The number of hydrogen-bond donors (Lipinski definition) is 1. The lowest BCUT2D eigenvalue weighted by molar-refractivity contribution is -0.384. The number of furan rings is 1. The lowest BCUT2D eigenvalue weighted by Gasteiger charge is -2.01. The number of benzene rings is 2. The fourth-order valence-corrected chi connectivity index (χ4v) is 2.91. The molecule has 0 spiro atoms. The number of non-ortho nitro benzene ring substituents is 1. The maximum atomic E-state index is 12.2. The van der Waals surface area contributed by atoms with Gasteiger partial charge < -0.3 is 13.9 Å². The molecule has 10 heteroatoms. The topological polar surface area (TPSA) is 116 Å². The average Bonchev–Trinajstić information content (AvgIpc) is 3.36. The number of halogens is 1. The standard InChI is InChI=1S/C19H12ClN3O6/c20-15-8-12(23(25)26)2-4-14(15)16-6-3-13(29-16)9-21-22-19(24)11-1-5-17-18(7-11)28-10-27-17/h1-9H,10H2,(H,22,24)/b21-9+. The van der Waals surface area contributed by atoms with E-state index in [1.807, 2.05) is 0 Å². The van der Waals surface area contributed by atoms with Crippen LogP contribution in [0.15, 0.2) is 58.0 Å². The molecule has 0 fully saturated rings. The second-order valence-corrected chi connectivity index (χ2v) is 6.30. The maximum absolute atomic E-state index is 12.2. The summed E-state index contributed by atoms with van der Waals surface area (Å²) in [6.07, 6.45) is 1.33. The van der Waals surface area contributed by atoms with Gasteiger partial charge in [0.05, 0.1) is 16.2 Å². The monoisotopic (exact) mass is 413 g/mol. The van der Waals surface area contributed by atoms with Gasteiger partial charge in [0.2, 0.25) is 6.79 Å². The zero-order valence-electron chi connectivity index (χ0n) is 14.6. The van der Waals surface area contributed by atoms with Gasteiger partial charge in [0.15, 0.2) is 11.5 Å². The first-order valence-electron chi connectivity index (χ1n) is 8.28. The highest BCUT2D eigenvalue weighted by Crippen LogP contribution is 2.33. The number of carbonyl (C=O) groups excluding carboxylic acids is 1. The molecule has 1 amide bonds. The van der Waals surface area contributed by atoms with Crippen LogP contribution in [0.4, 0.5) is 5.69 Å². The normalized spacial score (nSPS) is 12.3. The van der Waals surface area contributed by atoms with Crippen molar-refractivity contribution in [3.63, 3.8) is 0 Å².